The van der Waals surface area contributed by atoms with E-state index in [1.165, 1.54) is 0 Å². The molecule has 0 aliphatic rings. The van der Waals surface area contributed by atoms with Crippen LogP contribution >= 0.6 is 0 Å². The van der Waals surface area contributed by atoms with Crippen molar-refractivity contribution < 1.29 is 4.79 Å². The number of carbonyl (C=O) groups is 1. The van der Waals surface area contributed by atoms with Gasteiger partial charge >= 0.3 is 0 Å². The minimum atomic E-state index is 0.370. The average Bonchev–Trinajstić information content (AvgIpc) is 2.58. The Morgan fingerprint density at radius 1 is 1.46 bits per heavy atom. The predicted molar refractivity (Wildman–Crippen MR) is 45.3 cm³/mol. The molecule has 0 aliphatic heterocycles. The number of nitriles is 1. The lowest BCUT2D eigenvalue weighted by molar-refractivity contribution is 0.111. The lowest BCUT2D eigenvalue weighted by Gasteiger charge is -1.91. The van der Waals surface area contributed by atoms with E-state index in [0.29, 0.717) is 23.2 Å². The van der Waals surface area contributed by atoms with Gasteiger partial charge in [0.1, 0.15) is 17.4 Å². The van der Waals surface area contributed by atoms with Gasteiger partial charge < -0.3 is 4.40 Å². The fourth-order valence-electron chi connectivity index (χ4n) is 1.13. The summed E-state index contributed by atoms with van der Waals surface area (Å²) in [4.78, 5) is 14.4. The second-order valence-electron chi connectivity index (χ2n) is 2.58. The summed E-state index contributed by atoms with van der Waals surface area (Å²) in [5, 5.41) is 8.61. The van der Waals surface area contributed by atoms with E-state index in [1.54, 1.807) is 28.9 Å². The van der Waals surface area contributed by atoms with E-state index in [2.05, 4.69) is 4.98 Å². The molecular weight excluding hydrogens is 166 g/mol. The molecule has 2 heterocycles. The zero-order valence-electron chi connectivity index (χ0n) is 6.64. The first-order valence-corrected chi connectivity index (χ1v) is 3.67. The van der Waals surface area contributed by atoms with Gasteiger partial charge in [-0.05, 0) is 12.1 Å². The molecule has 13 heavy (non-hydrogen) atoms. The molecule has 62 valence electrons. The van der Waals surface area contributed by atoms with Crippen molar-refractivity contribution in [1.29, 1.82) is 5.26 Å². The minimum Gasteiger partial charge on any atom is -0.305 e. The number of hydrogen-bond donors (Lipinski definition) is 0. The number of carbonyl (C=O) groups excluding carboxylic acids is 1. The van der Waals surface area contributed by atoms with Gasteiger partial charge in [-0.1, -0.05) is 0 Å². The molecule has 0 amide bonds. The number of pyridine rings is 1. The van der Waals surface area contributed by atoms with Crippen LogP contribution in [0, 0.1) is 11.3 Å². The van der Waals surface area contributed by atoms with Crippen molar-refractivity contribution in [2.75, 3.05) is 0 Å². The second kappa shape index (κ2) is 2.72. The van der Waals surface area contributed by atoms with Crippen molar-refractivity contribution in [2.45, 2.75) is 0 Å². The fraction of sp³-hybridized carbons (Fsp3) is 0. The SMILES string of the molecule is N#Cc1ccc2nc(C=O)cn2c1. The smallest absolute Gasteiger partial charge is 0.170 e. The Morgan fingerprint density at radius 2 is 2.31 bits per heavy atom. The molecule has 0 unspecified atom stereocenters. The number of imidazole rings is 1. The van der Waals surface area contributed by atoms with Crippen molar-refractivity contribution in [2.24, 2.45) is 0 Å². The Bertz CT molecular complexity index is 507. The Morgan fingerprint density at radius 3 is 3.00 bits per heavy atom. The highest BCUT2D eigenvalue weighted by Gasteiger charge is 1.99. The average molecular weight is 171 g/mol. The first-order valence-electron chi connectivity index (χ1n) is 3.67. The monoisotopic (exact) mass is 171 g/mol. The van der Waals surface area contributed by atoms with Crippen LogP contribution in [0.5, 0.6) is 0 Å². The van der Waals surface area contributed by atoms with Crippen molar-refractivity contribution in [1.82, 2.24) is 9.38 Å². The van der Waals surface area contributed by atoms with Gasteiger partial charge in [-0.3, -0.25) is 4.79 Å². The quantitative estimate of drug-likeness (QED) is 0.602. The van der Waals surface area contributed by atoms with Crippen LogP contribution < -0.4 is 0 Å². The molecule has 0 bridgehead atoms. The van der Waals surface area contributed by atoms with Gasteiger partial charge in [-0.25, -0.2) is 4.98 Å². The molecule has 0 spiro atoms. The minimum absolute atomic E-state index is 0.370. The third-order valence-electron chi connectivity index (χ3n) is 1.72. The summed E-state index contributed by atoms with van der Waals surface area (Å²) in [7, 11) is 0. The van der Waals surface area contributed by atoms with E-state index >= 15 is 0 Å². The largest absolute Gasteiger partial charge is 0.305 e. The Kier molecular flexibility index (Phi) is 1.57. The summed E-state index contributed by atoms with van der Waals surface area (Å²) in [6, 6.07) is 5.37. The highest BCUT2D eigenvalue weighted by atomic mass is 16.1. The summed E-state index contributed by atoms with van der Waals surface area (Å²) in [6.07, 6.45) is 3.90. The number of aromatic nitrogens is 2. The van der Waals surface area contributed by atoms with Crippen LogP contribution in [0.15, 0.2) is 24.5 Å². The summed E-state index contributed by atoms with van der Waals surface area (Å²) < 4.78 is 1.66. The molecule has 4 heteroatoms. The van der Waals surface area contributed by atoms with Crippen molar-refractivity contribution >= 4 is 11.9 Å². The predicted octanol–water partition coefficient (Wildman–Crippen LogP) is 1.02. The van der Waals surface area contributed by atoms with Gasteiger partial charge in [0.25, 0.3) is 0 Å². The summed E-state index contributed by atoms with van der Waals surface area (Å²) in [5.41, 5.74) is 1.58. The highest BCUT2D eigenvalue weighted by Crippen LogP contribution is 2.05. The molecule has 0 aromatic carbocycles. The lowest BCUT2D eigenvalue weighted by atomic mass is 10.3. The van der Waals surface area contributed by atoms with E-state index in [4.69, 9.17) is 5.26 Å². The van der Waals surface area contributed by atoms with Gasteiger partial charge in [0.15, 0.2) is 6.29 Å². The van der Waals surface area contributed by atoms with Crippen LogP contribution in [-0.4, -0.2) is 15.7 Å². The Hall–Kier alpha value is -2.15. The summed E-state index contributed by atoms with van der Waals surface area (Å²) in [6.45, 7) is 0. The van der Waals surface area contributed by atoms with Crippen molar-refractivity contribution in [3.63, 3.8) is 0 Å². The second-order valence-corrected chi connectivity index (χ2v) is 2.58. The molecule has 0 N–H and O–H groups in total. The van der Waals surface area contributed by atoms with Gasteiger partial charge in [-0.2, -0.15) is 5.26 Å². The molecule has 0 saturated heterocycles. The standard InChI is InChI=1S/C9H5N3O/c10-3-7-1-2-9-11-8(6-13)5-12(9)4-7/h1-2,4-6H. The molecule has 2 aromatic rings. The molecule has 0 aliphatic carbocycles. The van der Waals surface area contributed by atoms with Gasteiger partial charge in [0.2, 0.25) is 0 Å². The molecule has 0 fully saturated rings. The summed E-state index contributed by atoms with van der Waals surface area (Å²) >= 11 is 0. The van der Waals surface area contributed by atoms with Crippen LogP contribution in [0.2, 0.25) is 0 Å². The molecule has 0 atom stereocenters. The zero-order chi connectivity index (χ0) is 9.26. The van der Waals surface area contributed by atoms with Crippen LogP contribution in [0.3, 0.4) is 0 Å². The lowest BCUT2D eigenvalue weighted by Crippen LogP contribution is -1.83. The highest BCUT2D eigenvalue weighted by molar-refractivity contribution is 5.73. The van der Waals surface area contributed by atoms with E-state index in [0.717, 1.165) is 0 Å². The Balaban J connectivity index is 2.72. The maximum Gasteiger partial charge on any atom is 0.170 e. The number of aldehydes is 1. The Labute approximate surface area is 74.1 Å². The third-order valence-corrected chi connectivity index (χ3v) is 1.72. The van der Waals surface area contributed by atoms with Gasteiger partial charge in [0, 0.05) is 12.4 Å². The zero-order valence-corrected chi connectivity index (χ0v) is 6.64. The normalized spacial score (nSPS) is 9.77. The van der Waals surface area contributed by atoms with Crippen LogP contribution in [-0.2, 0) is 0 Å². The number of hydrogen-bond acceptors (Lipinski definition) is 3. The molecule has 2 aromatic heterocycles. The van der Waals surface area contributed by atoms with E-state index in [1.807, 2.05) is 6.07 Å². The number of nitrogens with zero attached hydrogens (tertiary/aromatic N) is 3. The van der Waals surface area contributed by atoms with E-state index in [-0.39, 0.29) is 0 Å². The van der Waals surface area contributed by atoms with Crippen molar-refractivity contribution in [3.8, 4) is 6.07 Å². The topological polar surface area (TPSA) is 58.2 Å². The van der Waals surface area contributed by atoms with Crippen LogP contribution in [0.25, 0.3) is 5.65 Å². The van der Waals surface area contributed by atoms with Crippen LogP contribution in [0.1, 0.15) is 16.1 Å². The van der Waals surface area contributed by atoms with E-state index in [9.17, 15) is 4.79 Å². The maximum absolute atomic E-state index is 10.4. The first kappa shape index (κ1) is 7.50. The summed E-state index contributed by atoms with van der Waals surface area (Å²) in [5.74, 6) is 0. The molecule has 0 saturated carbocycles. The van der Waals surface area contributed by atoms with Crippen molar-refractivity contribution in [3.05, 3.63) is 35.8 Å². The maximum atomic E-state index is 10.4. The number of rotatable bonds is 1. The molecule has 0 radical (unpaired) electrons. The van der Waals surface area contributed by atoms with Crippen LogP contribution in [0.4, 0.5) is 0 Å². The number of fused-ring (bicyclic) bond motifs is 1. The van der Waals surface area contributed by atoms with E-state index < -0.39 is 0 Å². The van der Waals surface area contributed by atoms with Gasteiger partial charge in [0.05, 0.1) is 5.56 Å². The fourth-order valence-corrected chi connectivity index (χ4v) is 1.13. The molecule has 4 nitrogen and oxygen atoms in total. The molecule has 2 rings (SSSR count). The first-order chi connectivity index (χ1) is 6.33. The van der Waals surface area contributed by atoms with Gasteiger partial charge in [-0.15, -0.1) is 0 Å². The third kappa shape index (κ3) is 1.16. The molecular formula is C9H5N3O.